The van der Waals surface area contributed by atoms with Gasteiger partial charge in [-0.05, 0) is 141 Å². The number of para-hydroxylation sites is 6. The zero-order valence-corrected chi connectivity index (χ0v) is 55.8. The highest BCUT2D eigenvalue weighted by Crippen LogP contribution is 2.49. The third-order valence-corrected chi connectivity index (χ3v) is 17.5. The van der Waals surface area contributed by atoms with Crippen LogP contribution in [0.25, 0.3) is 0 Å². The predicted octanol–water partition coefficient (Wildman–Crippen LogP) is 13.2. The molecule has 0 saturated heterocycles. The maximum atomic E-state index is 15.5. The Labute approximate surface area is 556 Å². The SMILES string of the molecule is CC/C(=C/C=C(\COCNc1ccccc1)C(C)=N)N(CCn1c(=O)n(CCN2/C(=C\C=C(\C(C)=N)C(=O)Nc3ccccc3)C(C)(C)c3ccccc32)c(=O)n(CCN2/C(=C/C=C(\C(C)=N)C(=O)Nc3ccccc3)C(C)(C)c3ccccc32)c1=O)c1ccccc1CC. The van der Waals surface area contributed by atoms with E-state index in [1.165, 1.54) is 0 Å². The number of hydrogen-bond acceptors (Lipinski definition) is 13. The number of allylic oxidation sites excluding steroid dienone is 9. The number of rotatable bonds is 28. The Hall–Kier alpha value is -10.7. The van der Waals surface area contributed by atoms with Crippen molar-refractivity contribution < 1.29 is 14.3 Å². The zero-order chi connectivity index (χ0) is 68.0. The fraction of sp³-hybridized carbons (Fsp3) is 0.273. The van der Waals surface area contributed by atoms with Crippen molar-refractivity contribution >= 4 is 63.1 Å². The Bertz CT molecular complexity index is 4190. The van der Waals surface area contributed by atoms with Crippen LogP contribution in [0, 0.1) is 16.2 Å². The molecular weight excluding hydrogens is 1190 g/mol. The van der Waals surface area contributed by atoms with Crippen molar-refractivity contribution in [2.45, 2.75) is 106 Å². The normalized spacial score (nSPS) is 15.2. The number of amides is 2. The van der Waals surface area contributed by atoms with Crippen molar-refractivity contribution in [3.63, 3.8) is 0 Å². The van der Waals surface area contributed by atoms with Crippen molar-refractivity contribution in [2.75, 3.05) is 63.6 Å². The number of fused-ring (bicyclic) bond motifs is 2. The molecule has 1 aromatic heterocycles. The second-order valence-corrected chi connectivity index (χ2v) is 24.5. The third kappa shape index (κ3) is 15.7. The number of benzene rings is 6. The van der Waals surface area contributed by atoms with E-state index in [9.17, 15) is 9.59 Å². The van der Waals surface area contributed by atoms with Gasteiger partial charge in [0.25, 0.3) is 11.8 Å². The summed E-state index contributed by atoms with van der Waals surface area (Å²) in [4.78, 5) is 80.4. The zero-order valence-electron chi connectivity index (χ0n) is 55.8. The maximum absolute atomic E-state index is 15.5. The van der Waals surface area contributed by atoms with Gasteiger partial charge in [-0.25, -0.2) is 28.1 Å². The first-order valence-corrected chi connectivity index (χ1v) is 32.2. The average molecular weight is 1280 g/mol. The Morgan fingerprint density at radius 2 is 0.926 bits per heavy atom. The van der Waals surface area contributed by atoms with E-state index in [2.05, 4.69) is 61.5 Å². The van der Waals surface area contributed by atoms with Crippen molar-refractivity contribution in [1.82, 2.24) is 13.7 Å². The first kappa shape index (κ1) is 68.6. The summed E-state index contributed by atoms with van der Waals surface area (Å²) in [6.07, 6.45) is 12.0. The highest BCUT2D eigenvalue weighted by Gasteiger charge is 2.41. The molecule has 9 rings (SSSR count). The average Bonchev–Trinajstić information content (AvgIpc) is 1.66. The number of carbonyl (C=O) groups is 2. The van der Waals surface area contributed by atoms with Crippen LogP contribution in [0.5, 0.6) is 0 Å². The molecule has 18 heteroatoms. The molecule has 95 heavy (non-hydrogen) atoms. The standard InChI is InChI=1S/C77H86N12O6/c1-10-56-27-21-24-36-66(56)84(61(11-2)40-39-57(53(3)78)51-95-52-81-58-28-15-12-16-29-58)45-48-87-73(92)88(49-46-85-67-37-25-22-34-64(67)76(6,7)69(85)43-41-62(54(4)79)71(90)82-59-30-17-13-18-31-59)75(94)89(74(87)93)50-47-86-68-38-26-23-35-65(68)77(8,9)70(86)44-42-63(55(5)80)72(91)83-60-32-19-14-20-33-60/h12-44,78-81H,10-11,45-52H2,1-9H3,(H,82,90)(H,83,91)/b57-39+,61-40-,62-41-,63-42+,69-43-,70-44+,78-53?,79-54?,80-55?. The van der Waals surface area contributed by atoms with Crippen LogP contribution < -0.4 is 47.7 Å². The molecule has 0 radical (unpaired) electrons. The molecule has 6 aromatic carbocycles. The molecule has 2 amide bonds. The van der Waals surface area contributed by atoms with Crippen LogP contribution in [-0.4, -0.2) is 75.6 Å². The van der Waals surface area contributed by atoms with E-state index in [-0.39, 0.29) is 75.2 Å². The molecule has 0 bridgehead atoms. The van der Waals surface area contributed by atoms with Crippen molar-refractivity contribution in [3.05, 3.63) is 282 Å². The van der Waals surface area contributed by atoms with E-state index >= 15 is 14.4 Å². The quantitative estimate of drug-likeness (QED) is 0.00894. The number of nitrogens with one attached hydrogen (secondary N) is 6. The Morgan fingerprint density at radius 3 is 1.37 bits per heavy atom. The molecule has 2 aliphatic heterocycles. The van der Waals surface area contributed by atoms with Gasteiger partial charge in [0.15, 0.2) is 0 Å². The number of carbonyl (C=O) groups excluding carboxylic acids is 2. The van der Waals surface area contributed by atoms with Gasteiger partial charge >= 0.3 is 17.1 Å². The van der Waals surface area contributed by atoms with Crippen LogP contribution in [0.1, 0.15) is 85.4 Å². The second kappa shape index (κ2) is 30.8. The van der Waals surface area contributed by atoms with Crippen molar-refractivity contribution in [3.8, 4) is 0 Å². The van der Waals surface area contributed by atoms with Crippen molar-refractivity contribution in [1.29, 1.82) is 16.2 Å². The number of aromatic nitrogens is 3. The number of hydrogen-bond donors (Lipinski definition) is 6. The first-order chi connectivity index (χ1) is 45.7. The van der Waals surface area contributed by atoms with E-state index in [4.69, 9.17) is 21.0 Å². The molecule has 0 atom stereocenters. The lowest BCUT2D eigenvalue weighted by atomic mass is 9.83. The van der Waals surface area contributed by atoms with Crippen LogP contribution in [0.4, 0.5) is 34.1 Å². The maximum Gasteiger partial charge on any atom is 0.336 e. The molecule has 0 fully saturated rings. The summed E-state index contributed by atoms with van der Waals surface area (Å²) in [6, 6.07) is 51.6. The van der Waals surface area contributed by atoms with Gasteiger partial charge in [0.05, 0.1) is 37.4 Å². The molecule has 0 spiro atoms. The molecule has 3 heterocycles. The van der Waals surface area contributed by atoms with E-state index in [1.54, 1.807) is 57.2 Å². The topological polar surface area (TPSA) is 227 Å². The van der Waals surface area contributed by atoms with E-state index in [0.717, 1.165) is 70.2 Å². The Balaban J connectivity index is 1.13. The van der Waals surface area contributed by atoms with Crippen LogP contribution in [0.15, 0.2) is 248 Å². The summed E-state index contributed by atoms with van der Waals surface area (Å²) < 4.78 is 9.47. The van der Waals surface area contributed by atoms with Gasteiger partial charge in [-0.3, -0.25) is 9.59 Å². The number of ether oxygens (including phenoxy) is 1. The van der Waals surface area contributed by atoms with Gasteiger partial charge in [0, 0.05) is 98.8 Å². The highest BCUT2D eigenvalue weighted by molar-refractivity contribution is 6.24. The lowest BCUT2D eigenvalue weighted by Crippen LogP contribution is -2.56. The van der Waals surface area contributed by atoms with Gasteiger partial charge in [-0.15, -0.1) is 0 Å². The molecule has 490 valence electrons. The van der Waals surface area contributed by atoms with Gasteiger partial charge in [0.1, 0.15) is 6.73 Å². The number of anilines is 6. The summed E-state index contributed by atoms with van der Waals surface area (Å²) >= 11 is 0. The van der Waals surface area contributed by atoms with Crippen LogP contribution >= 0.6 is 0 Å². The fourth-order valence-corrected chi connectivity index (χ4v) is 12.3. The summed E-state index contributed by atoms with van der Waals surface area (Å²) in [5.74, 6) is -0.906. The highest BCUT2D eigenvalue weighted by atomic mass is 16.5. The molecule has 2 aliphatic rings. The Kier molecular flexibility index (Phi) is 22.3. The van der Waals surface area contributed by atoms with Crippen LogP contribution in [0.3, 0.4) is 0 Å². The summed E-state index contributed by atoms with van der Waals surface area (Å²) in [7, 11) is 0. The van der Waals surface area contributed by atoms with Crippen LogP contribution in [0.2, 0.25) is 0 Å². The van der Waals surface area contributed by atoms with Gasteiger partial charge < -0.3 is 51.6 Å². The third-order valence-electron chi connectivity index (χ3n) is 17.5. The molecular formula is C77H86N12O6. The lowest BCUT2D eigenvalue weighted by Gasteiger charge is -2.30. The lowest BCUT2D eigenvalue weighted by molar-refractivity contribution is -0.113. The van der Waals surface area contributed by atoms with E-state index in [1.807, 2.05) is 174 Å². The molecule has 6 N–H and O–H groups in total. The molecule has 18 nitrogen and oxygen atoms in total. The monoisotopic (exact) mass is 1270 g/mol. The predicted molar refractivity (Wildman–Crippen MR) is 386 cm³/mol. The summed E-state index contributed by atoms with van der Waals surface area (Å²) in [5.41, 5.74) is 7.66. The molecule has 0 saturated carbocycles. The minimum Gasteiger partial charge on any atom is -0.363 e. The van der Waals surface area contributed by atoms with Gasteiger partial charge in [0.2, 0.25) is 0 Å². The minimum atomic E-state index is -0.799. The smallest absolute Gasteiger partial charge is 0.336 e. The summed E-state index contributed by atoms with van der Waals surface area (Å²) in [6.45, 7) is 17.5. The largest absolute Gasteiger partial charge is 0.363 e. The minimum absolute atomic E-state index is 0.0560. The summed E-state index contributed by atoms with van der Waals surface area (Å²) in [5, 5.41) is 35.2. The molecule has 7 aromatic rings. The molecule has 0 aliphatic carbocycles. The molecule has 0 unspecified atom stereocenters. The fourth-order valence-electron chi connectivity index (χ4n) is 12.3. The first-order valence-electron chi connectivity index (χ1n) is 32.2. The van der Waals surface area contributed by atoms with E-state index < -0.39 is 39.7 Å². The second-order valence-electron chi connectivity index (χ2n) is 24.5. The Morgan fingerprint density at radius 1 is 0.505 bits per heavy atom. The number of aryl methyl sites for hydroxylation is 1. The number of nitrogens with zero attached hydrogens (tertiary/aromatic N) is 6. The van der Waals surface area contributed by atoms with Crippen molar-refractivity contribution in [2.24, 2.45) is 0 Å². The van der Waals surface area contributed by atoms with Gasteiger partial charge in [-0.1, -0.05) is 157 Å². The van der Waals surface area contributed by atoms with E-state index in [0.29, 0.717) is 35.5 Å². The van der Waals surface area contributed by atoms with Gasteiger partial charge in [-0.2, -0.15) is 0 Å². The van der Waals surface area contributed by atoms with Crippen LogP contribution in [-0.2, 0) is 51.2 Å².